The van der Waals surface area contributed by atoms with Crippen LogP contribution in [0, 0.1) is 11.3 Å². The van der Waals surface area contributed by atoms with Crippen LogP contribution >= 0.6 is 0 Å². The summed E-state index contributed by atoms with van der Waals surface area (Å²) in [6.45, 7) is 5.68. The van der Waals surface area contributed by atoms with E-state index in [0.717, 1.165) is 67.3 Å². The quantitative estimate of drug-likeness (QED) is 0.456. The lowest BCUT2D eigenvalue weighted by atomic mass is 10.1. The molecule has 0 bridgehead atoms. The van der Waals surface area contributed by atoms with Gasteiger partial charge in [-0.05, 0) is 57.0 Å². The van der Waals surface area contributed by atoms with Crippen molar-refractivity contribution in [1.29, 1.82) is 5.26 Å². The lowest BCUT2D eigenvalue weighted by molar-refractivity contribution is 0.0709. The van der Waals surface area contributed by atoms with Gasteiger partial charge in [-0.2, -0.15) is 10.2 Å². The summed E-state index contributed by atoms with van der Waals surface area (Å²) < 4.78 is 9.70. The second kappa shape index (κ2) is 9.60. The minimum absolute atomic E-state index is 0.263. The number of ether oxygens (including phenoxy) is 1. The van der Waals surface area contributed by atoms with Gasteiger partial charge in [0.2, 0.25) is 11.9 Å². The fourth-order valence-corrected chi connectivity index (χ4v) is 5.16. The summed E-state index contributed by atoms with van der Waals surface area (Å²) in [6.07, 6.45) is 9.25. The first-order chi connectivity index (χ1) is 17.3. The molecule has 5 heterocycles. The summed E-state index contributed by atoms with van der Waals surface area (Å²) in [5.41, 5.74) is 3.75. The zero-order valence-corrected chi connectivity index (χ0v) is 19.7. The number of hydrogen-bond donors (Lipinski definition) is 1. The number of anilines is 1. The van der Waals surface area contributed by atoms with Crippen LogP contribution in [0.4, 0.5) is 5.95 Å². The number of likely N-dealkylation sites (tertiary alicyclic amines) is 1. The van der Waals surface area contributed by atoms with Crippen LogP contribution in [0.1, 0.15) is 43.7 Å². The van der Waals surface area contributed by atoms with E-state index in [0.29, 0.717) is 11.5 Å². The van der Waals surface area contributed by atoms with Crippen molar-refractivity contribution in [3.05, 3.63) is 36.3 Å². The Bertz CT molecular complexity index is 1370. The number of aromatic nitrogens is 6. The molecule has 2 saturated heterocycles. The number of nitrogens with zero attached hydrogens (tertiary/aromatic N) is 8. The smallest absolute Gasteiger partial charge is 0.237 e. The number of imidazole rings is 2. The molecule has 6 rings (SSSR count). The third-order valence-electron chi connectivity index (χ3n) is 7.03. The Kier molecular flexibility index (Phi) is 6.02. The fourth-order valence-electron chi connectivity index (χ4n) is 5.16. The molecule has 0 unspecified atom stereocenters. The SMILES string of the molecule is N#Cc1ccc2ncn(-c3ncc4nc(NCCN5CCCCC5)n(C5CCOCC5)c4n3)c2c1. The number of fused-ring (bicyclic) bond motifs is 2. The van der Waals surface area contributed by atoms with E-state index in [-0.39, 0.29) is 6.04 Å². The Morgan fingerprint density at radius 3 is 2.74 bits per heavy atom. The Morgan fingerprint density at radius 1 is 1.06 bits per heavy atom. The maximum atomic E-state index is 9.33. The monoisotopic (exact) mass is 471 g/mol. The zero-order chi connectivity index (χ0) is 23.6. The van der Waals surface area contributed by atoms with Crippen molar-refractivity contribution >= 4 is 28.1 Å². The first-order valence-electron chi connectivity index (χ1n) is 12.5. The van der Waals surface area contributed by atoms with Crippen LogP contribution in [-0.2, 0) is 4.74 Å². The van der Waals surface area contributed by atoms with Crippen LogP contribution in [0.15, 0.2) is 30.7 Å². The number of piperidine rings is 1. The van der Waals surface area contributed by atoms with E-state index in [1.807, 2.05) is 16.7 Å². The summed E-state index contributed by atoms with van der Waals surface area (Å²) in [4.78, 5) is 21.4. The molecular formula is C25H29N9O. The number of nitriles is 1. The molecule has 1 N–H and O–H groups in total. The molecule has 0 amide bonds. The molecule has 0 radical (unpaired) electrons. The van der Waals surface area contributed by atoms with Crippen molar-refractivity contribution < 1.29 is 4.74 Å². The second-order valence-electron chi connectivity index (χ2n) is 9.29. The van der Waals surface area contributed by atoms with E-state index < -0.39 is 0 Å². The Balaban J connectivity index is 1.36. The second-order valence-corrected chi connectivity index (χ2v) is 9.29. The summed E-state index contributed by atoms with van der Waals surface area (Å²) in [6, 6.07) is 7.89. The van der Waals surface area contributed by atoms with Gasteiger partial charge in [-0.3, -0.25) is 9.13 Å². The lowest BCUT2D eigenvalue weighted by Gasteiger charge is -2.27. The molecule has 35 heavy (non-hydrogen) atoms. The summed E-state index contributed by atoms with van der Waals surface area (Å²) in [5, 5.41) is 12.9. The molecular weight excluding hydrogens is 442 g/mol. The number of hydrogen-bond acceptors (Lipinski definition) is 8. The van der Waals surface area contributed by atoms with Crippen LogP contribution in [0.5, 0.6) is 0 Å². The highest BCUT2D eigenvalue weighted by atomic mass is 16.5. The average Bonchev–Trinajstić information content (AvgIpc) is 3.50. The standard InChI is InChI=1S/C25H29N9O/c26-15-18-4-5-20-22(14-18)33(17-29-20)24-28-16-21-23(31-24)34(19-6-12-35-13-7-19)25(30-21)27-8-11-32-9-2-1-3-10-32/h4-5,14,16-17,19H,1-3,6-13H2,(H,27,30). The number of nitrogens with one attached hydrogen (secondary N) is 1. The van der Waals surface area contributed by atoms with E-state index in [1.165, 1.54) is 32.4 Å². The van der Waals surface area contributed by atoms with Gasteiger partial charge in [0.15, 0.2) is 5.65 Å². The van der Waals surface area contributed by atoms with Crippen LogP contribution in [0.25, 0.3) is 28.1 Å². The van der Waals surface area contributed by atoms with Gasteiger partial charge in [0.25, 0.3) is 0 Å². The highest BCUT2D eigenvalue weighted by Crippen LogP contribution is 2.30. The molecule has 0 saturated carbocycles. The first kappa shape index (κ1) is 21.9. The third-order valence-corrected chi connectivity index (χ3v) is 7.03. The molecule has 1 aromatic carbocycles. The molecule has 4 aromatic rings. The van der Waals surface area contributed by atoms with Crippen LogP contribution in [-0.4, -0.2) is 73.4 Å². The molecule has 2 fully saturated rings. The maximum absolute atomic E-state index is 9.33. The van der Waals surface area contributed by atoms with Gasteiger partial charge in [0.1, 0.15) is 11.8 Å². The topological polar surface area (TPSA) is 110 Å². The van der Waals surface area contributed by atoms with Crippen molar-refractivity contribution in [1.82, 2.24) is 34.0 Å². The van der Waals surface area contributed by atoms with Crippen LogP contribution in [0.2, 0.25) is 0 Å². The predicted octanol–water partition coefficient (Wildman–Crippen LogP) is 3.29. The molecule has 0 aliphatic carbocycles. The average molecular weight is 472 g/mol. The van der Waals surface area contributed by atoms with Crippen molar-refractivity contribution in [3.63, 3.8) is 0 Å². The van der Waals surface area contributed by atoms with E-state index in [2.05, 4.69) is 30.8 Å². The number of rotatable bonds is 6. The molecule has 2 aliphatic rings. The predicted molar refractivity (Wildman–Crippen MR) is 133 cm³/mol. The van der Waals surface area contributed by atoms with Gasteiger partial charge in [0, 0.05) is 32.3 Å². The first-order valence-corrected chi connectivity index (χ1v) is 12.5. The van der Waals surface area contributed by atoms with E-state index in [9.17, 15) is 5.26 Å². The Morgan fingerprint density at radius 2 is 1.91 bits per heavy atom. The molecule has 3 aromatic heterocycles. The van der Waals surface area contributed by atoms with Crippen LogP contribution < -0.4 is 5.32 Å². The van der Waals surface area contributed by atoms with Crippen LogP contribution in [0.3, 0.4) is 0 Å². The van der Waals surface area contributed by atoms with Crippen molar-refractivity contribution in [2.24, 2.45) is 0 Å². The Hall–Kier alpha value is -3.55. The minimum atomic E-state index is 0.263. The molecule has 2 aliphatic heterocycles. The molecule has 180 valence electrons. The highest BCUT2D eigenvalue weighted by molar-refractivity contribution is 5.79. The Labute approximate surface area is 203 Å². The van der Waals surface area contributed by atoms with Crippen molar-refractivity contribution in [3.8, 4) is 12.0 Å². The summed E-state index contributed by atoms with van der Waals surface area (Å²) in [7, 11) is 0. The molecule has 10 nitrogen and oxygen atoms in total. The van der Waals surface area contributed by atoms with Gasteiger partial charge in [0.05, 0.1) is 28.9 Å². The van der Waals surface area contributed by atoms with Crippen molar-refractivity contribution in [2.75, 3.05) is 44.7 Å². The van der Waals surface area contributed by atoms with Crippen molar-refractivity contribution in [2.45, 2.75) is 38.1 Å². The van der Waals surface area contributed by atoms with Gasteiger partial charge in [-0.1, -0.05) is 6.42 Å². The van der Waals surface area contributed by atoms with Gasteiger partial charge >= 0.3 is 0 Å². The zero-order valence-electron chi connectivity index (χ0n) is 19.7. The largest absolute Gasteiger partial charge is 0.381 e. The molecule has 0 spiro atoms. The maximum Gasteiger partial charge on any atom is 0.237 e. The van der Waals surface area contributed by atoms with E-state index in [1.54, 1.807) is 18.6 Å². The van der Waals surface area contributed by atoms with Gasteiger partial charge in [-0.25, -0.2) is 15.0 Å². The normalized spacial score (nSPS) is 17.7. The summed E-state index contributed by atoms with van der Waals surface area (Å²) >= 11 is 0. The highest BCUT2D eigenvalue weighted by Gasteiger charge is 2.24. The van der Waals surface area contributed by atoms with Gasteiger partial charge in [-0.15, -0.1) is 0 Å². The minimum Gasteiger partial charge on any atom is -0.381 e. The van der Waals surface area contributed by atoms with E-state index in [4.69, 9.17) is 14.7 Å². The lowest BCUT2D eigenvalue weighted by Crippen LogP contribution is -2.34. The summed E-state index contributed by atoms with van der Waals surface area (Å²) in [5.74, 6) is 1.36. The molecule has 0 atom stereocenters. The van der Waals surface area contributed by atoms with Gasteiger partial charge < -0.3 is 15.0 Å². The fraction of sp³-hybridized carbons (Fsp3) is 0.480. The number of benzene rings is 1. The van der Waals surface area contributed by atoms with E-state index >= 15 is 0 Å². The third kappa shape index (κ3) is 4.33. The molecule has 10 heteroatoms.